The normalized spacial score (nSPS) is 12.3. The van der Waals surface area contributed by atoms with Crippen molar-refractivity contribution >= 4 is 23.2 Å². The smallest absolute Gasteiger partial charge is 0.313 e. The third kappa shape index (κ3) is 2.01. The Bertz CT molecular complexity index is 586. The maximum absolute atomic E-state index is 11.8. The topological polar surface area (TPSA) is 48.3 Å². The van der Waals surface area contributed by atoms with Gasteiger partial charge >= 0.3 is 5.97 Å². The summed E-state index contributed by atoms with van der Waals surface area (Å²) < 4.78 is 6.72. The minimum absolute atomic E-state index is 0.140. The van der Waals surface area contributed by atoms with Crippen molar-refractivity contribution in [3.8, 4) is 0 Å². The largest absolute Gasteiger partial charge is 0.469 e. The summed E-state index contributed by atoms with van der Waals surface area (Å²) in [5, 5.41) is 0.984. The maximum Gasteiger partial charge on any atom is 0.313 e. The van der Waals surface area contributed by atoms with Gasteiger partial charge in [-0.3, -0.25) is 4.79 Å². The standard InChI is InChI=1S/C14H15NO3/c1-15-9-12(10-5-3-4-6-13(10)15)11(7-8-16)14(17)18-2/h3-6,8-9,11H,7H2,1-2H3. The van der Waals surface area contributed by atoms with Crippen LogP contribution >= 0.6 is 0 Å². The van der Waals surface area contributed by atoms with E-state index in [1.54, 1.807) is 0 Å². The van der Waals surface area contributed by atoms with Gasteiger partial charge in [-0.05, 0) is 11.6 Å². The average Bonchev–Trinajstić information content (AvgIpc) is 2.73. The molecule has 0 saturated carbocycles. The van der Waals surface area contributed by atoms with Gasteiger partial charge in [0, 0.05) is 30.6 Å². The van der Waals surface area contributed by atoms with Gasteiger partial charge in [0.15, 0.2) is 0 Å². The zero-order chi connectivity index (χ0) is 13.1. The fraction of sp³-hybridized carbons (Fsp3) is 0.286. The Labute approximate surface area is 105 Å². The Hall–Kier alpha value is -2.10. The van der Waals surface area contributed by atoms with Crippen molar-refractivity contribution in [2.45, 2.75) is 12.3 Å². The summed E-state index contributed by atoms with van der Waals surface area (Å²) in [5.41, 5.74) is 1.87. The van der Waals surface area contributed by atoms with E-state index in [0.29, 0.717) is 0 Å². The highest BCUT2D eigenvalue weighted by atomic mass is 16.5. The van der Waals surface area contributed by atoms with Gasteiger partial charge in [0.2, 0.25) is 0 Å². The highest BCUT2D eigenvalue weighted by Crippen LogP contribution is 2.29. The Morgan fingerprint density at radius 3 is 2.83 bits per heavy atom. The molecule has 0 N–H and O–H groups in total. The van der Waals surface area contributed by atoms with Crippen molar-refractivity contribution in [2.24, 2.45) is 7.05 Å². The quantitative estimate of drug-likeness (QED) is 0.611. The summed E-state index contributed by atoms with van der Waals surface area (Å²) in [7, 11) is 3.26. The maximum atomic E-state index is 11.8. The van der Waals surface area contributed by atoms with Crippen LogP contribution in [0.3, 0.4) is 0 Å². The van der Waals surface area contributed by atoms with Crippen LogP contribution in [-0.2, 0) is 21.4 Å². The van der Waals surface area contributed by atoms with E-state index in [4.69, 9.17) is 4.74 Å². The van der Waals surface area contributed by atoms with Crippen molar-refractivity contribution in [3.63, 3.8) is 0 Å². The van der Waals surface area contributed by atoms with Gasteiger partial charge in [0.25, 0.3) is 0 Å². The van der Waals surface area contributed by atoms with E-state index in [-0.39, 0.29) is 12.4 Å². The Kier molecular flexibility index (Phi) is 3.46. The molecule has 0 aliphatic heterocycles. The Balaban J connectivity index is 2.57. The highest BCUT2D eigenvalue weighted by molar-refractivity contribution is 5.91. The van der Waals surface area contributed by atoms with Crippen LogP contribution in [0.1, 0.15) is 17.9 Å². The number of ether oxygens (including phenoxy) is 1. The number of aryl methyl sites for hydroxylation is 1. The Morgan fingerprint density at radius 2 is 2.17 bits per heavy atom. The van der Waals surface area contributed by atoms with Crippen LogP contribution in [0.4, 0.5) is 0 Å². The molecule has 0 saturated heterocycles. The van der Waals surface area contributed by atoms with Crippen LogP contribution in [0.25, 0.3) is 10.9 Å². The number of aromatic nitrogens is 1. The molecule has 0 aliphatic carbocycles. The number of carbonyl (C=O) groups excluding carboxylic acids is 2. The molecule has 1 unspecified atom stereocenters. The molecule has 0 bridgehead atoms. The van der Waals surface area contributed by atoms with Gasteiger partial charge < -0.3 is 14.1 Å². The molecule has 0 fully saturated rings. The van der Waals surface area contributed by atoms with Gasteiger partial charge in [-0.15, -0.1) is 0 Å². The molecule has 0 amide bonds. The molecule has 94 valence electrons. The highest BCUT2D eigenvalue weighted by Gasteiger charge is 2.24. The first-order valence-electron chi connectivity index (χ1n) is 5.74. The predicted molar refractivity (Wildman–Crippen MR) is 68.4 cm³/mol. The molecule has 2 aromatic rings. The van der Waals surface area contributed by atoms with Crippen LogP contribution in [-0.4, -0.2) is 23.9 Å². The van der Waals surface area contributed by atoms with Gasteiger partial charge in [-0.1, -0.05) is 18.2 Å². The Morgan fingerprint density at radius 1 is 1.44 bits per heavy atom. The summed E-state index contributed by atoms with van der Waals surface area (Å²) in [6.45, 7) is 0. The summed E-state index contributed by atoms with van der Waals surface area (Å²) >= 11 is 0. The molecule has 1 atom stereocenters. The molecule has 18 heavy (non-hydrogen) atoms. The van der Waals surface area contributed by atoms with E-state index in [2.05, 4.69) is 0 Å². The van der Waals surface area contributed by atoms with E-state index in [1.807, 2.05) is 42.1 Å². The summed E-state index contributed by atoms with van der Waals surface area (Å²) in [6.07, 6.45) is 2.78. The summed E-state index contributed by atoms with van der Waals surface area (Å²) in [4.78, 5) is 22.5. The summed E-state index contributed by atoms with van der Waals surface area (Å²) in [5.74, 6) is -0.906. The predicted octanol–water partition coefficient (Wildman–Crippen LogP) is 2.02. The third-order valence-electron chi connectivity index (χ3n) is 3.12. The third-order valence-corrected chi connectivity index (χ3v) is 3.12. The van der Waals surface area contributed by atoms with Gasteiger partial charge in [0.1, 0.15) is 6.29 Å². The molecule has 1 aromatic heterocycles. The second-order valence-corrected chi connectivity index (χ2v) is 4.19. The molecule has 1 heterocycles. The molecular formula is C14H15NO3. The van der Waals surface area contributed by atoms with Crippen molar-refractivity contribution in [3.05, 3.63) is 36.0 Å². The van der Waals surface area contributed by atoms with Crippen molar-refractivity contribution in [1.29, 1.82) is 0 Å². The van der Waals surface area contributed by atoms with E-state index in [1.165, 1.54) is 7.11 Å². The van der Waals surface area contributed by atoms with Crippen LogP contribution in [0, 0.1) is 0 Å². The van der Waals surface area contributed by atoms with Crippen LogP contribution in [0.2, 0.25) is 0 Å². The first-order chi connectivity index (χ1) is 8.69. The second kappa shape index (κ2) is 5.04. The number of methoxy groups -OCH3 is 1. The van der Waals surface area contributed by atoms with Crippen molar-refractivity contribution in [1.82, 2.24) is 4.57 Å². The number of aldehydes is 1. The first kappa shape index (κ1) is 12.4. The zero-order valence-corrected chi connectivity index (χ0v) is 10.4. The zero-order valence-electron chi connectivity index (χ0n) is 10.4. The number of nitrogens with zero attached hydrogens (tertiary/aromatic N) is 1. The molecule has 4 nitrogen and oxygen atoms in total. The minimum Gasteiger partial charge on any atom is -0.469 e. The lowest BCUT2D eigenvalue weighted by molar-refractivity contribution is -0.143. The number of esters is 1. The molecule has 4 heteroatoms. The lowest BCUT2D eigenvalue weighted by Crippen LogP contribution is -2.14. The van der Waals surface area contributed by atoms with E-state index < -0.39 is 5.92 Å². The van der Waals surface area contributed by atoms with Crippen LogP contribution in [0.15, 0.2) is 30.5 Å². The molecule has 1 aromatic carbocycles. The number of hydrogen-bond acceptors (Lipinski definition) is 3. The summed E-state index contributed by atoms with van der Waals surface area (Å²) in [6, 6.07) is 7.79. The number of rotatable bonds is 4. The number of benzene rings is 1. The van der Waals surface area contributed by atoms with Gasteiger partial charge in [-0.2, -0.15) is 0 Å². The first-order valence-corrected chi connectivity index (χ1v) is 5.74. The minimum atomic E-state index is -0.529. The van der Waals surface area contributed by atoms with Crippen LogP contribution < -0.4 is 0 Å². The number of carbonyl (C=O) groups is 2. The fourth-order valence-corrected chi connectivity index (χ4v) is 2.24. The van der Waals surface area contributed by atoms with Crippen LogP contribution in [0.5, 0.6) is 0 Å². The molecule has 0 spiro atoms. The number of para-hydroxylation sites is 1. The van der Waals surface area contributed by atoms with E-state index >= 15 is 0 Å². The van der Waals surface area contributed by atoms with Crippen molar-refractivity contribution in [2.75, 3.05) is 7.11 Å². The lowest BCUT2D eigenvalue weighted by Gasteiger charge is -2.10. The van der Waals surface area contributed by atoms with Gasteiger partial charge in [0.05, 0.1) is 13.0 Å². The molecule has 0 radical (unpaired) electrons. The SMILES string of the molecule is COC(=O)C(CC=O)c1cn(C)c2ccccc12. The average molecular weight is 245 g/mol. The van der Waals surface area contributed by atoms with Crippen molar-refractivity contribution < 1.29 is 14.3 Å². The molecule has 2 rings (SSSR count). The van der Waals surface area contributed by atoms with E-state index in [0.717, 1.165) is 22.8 Å². The monoisotopic (exact) mass is 245 g/mol. The molecule has 0 aliphatic rings. The molecular weight excluding hydrogens is 230 g/mol. The van der Waals surface area contributed by atoms with Gasteiger partial charge in [-0.25, -0.2) is 0 Å². The fourth-order valence-electron chi connectivity index (χ4n) is 2.24. The van der Waals surface area contributed by atoms with E-state index in [9.17, 15) is 9.59 Å². The second-order valence-electron chi connectivity index (χ2n) is 4.19. The number of hydrogen-bond donors (Lipinski definition) is 0. The lowest BCUT2D eigenvalue weighted by atomic mass is 9.96. The number of fused-ring (bicyclic) bond motifs is 1.